The van der Waals surface area contributed by atoms with Crippen LogP contribution in [0.25, 0.3) is 0 Å². The van der Waals surface area contributed by atoms with Gasteiger partial charge < -0.3 is 9.47 Å². The molecule has 0 heterocycles. The summed E-state index contributed by atoms with van der Waals surface area (Å²) in [5.74, 6) is 0.610. The van der Waals surface area contributed by atoms with Crippen molar-refractivity contribution in [2.24, 2.45) is 0 Å². The van der Waals surface area contributed by atoms with E-state index < -0.39 is 14.9 Å². The van der Waals surface area contributed by atoms with Gasteiger partial charge in [0.05, 0.1) is 35.3 Å². The third-order valence-electron chi connectivity index (χ3n) is 4.21. The Labute approximate surface area is 179 Å². The van der Waals surface area contributed by atoms with Crippen LogP contribution in [0.4, 0.5) is 11.4 Å². The number of benzene rings is 2. The Morgan fingerprint density at radius 3 is 2.27 bits per heavy atom. The molecule has 30 heavy (non-hydrogen) atoms. The van der Waals surface area contributed by atoms with E-state index in [1.165, 1.54) is 26.4 Å². The monoisotopic (exact) mass is 456 g/mol. The lowest BCUT2D eigenvalue weighted by Crippen LogP contribution is -2.15. The first-order valence-electron chi connectivity index (χ1n) is 8.86. The number of sulfonamides is 1. The van der Waals surface area contributed by atoms with Crippen molar-refractivity contribution < 1.29 is 27.6 Å². The number of unbranched alkanes of at least 4 members (excludes halogenated alkanes) is 1. The molecule has 0 aromatic heterocycles. The van der Waals surface area contributed by atoms with E-state index >= 15 is 0 Å². The van der Waals surface area contributed by atoms with E-state index in [2.05, 4.69) is 4.72 Å². The summed E-state index contributed by atoms with van der Waals surface area (Å²) in [4.78, 5) is 22.5. The molecule has 2 rings (SSSR count). The molecule has 0 atom stereocenters. The van der Waals surface area contributed by atoms with Gasteiger partial charge in [0.2, 0.25) is 0 Å². The average Bonchev–Trinajstić information content (AvgIpc) is 2.73. The Morgan fingerprint density at radius 2 is 1.73 bits per heavy atom. The zero-order valence-corrected chi connectivity index (χ0v) is 18.0. The number of alkyl halides is 1. The highest BCUT2D eigenvalue weighted by molar-refractivity contribution is 7.92. The van der Waals surface area contributed by atoms with Gasteiger partial charge in [0.15, 0.2) is 5.78 Å². The SMILES string of the molecule is COc1cc(OC)c(C(=O)CCCCCl)cc1NS(=O)(=O)c1ccc([N+](=O)[O-])cc1. The Kier molecular flexibility index (Phi) is 8.01. The van der Waals surface area contributed by atoms with Crippen molar-refractivity contribution in [3.05, 3.63) is 52.1 Å². The summed E-state index contributed by atoms with van der Waals surface area (Å²) in [6, 6.07) is 7.19. The number of ether oxygens (including phenoxy) is 2. The smallest absolute Gasteiger partial charge is 0.269 e. The number of nitro benzene ring substituents is 1. The first-order valence-corrected chi connectivity index (χ1v) is 10.9. The van der Waals surface area contributed by atoms with Gasteiger partial charge in [0.1, 0.15) is 11.5 Å². The molecule has 2 aromatic carbocycles. The van der Waals surface area contributed by atoms with Gasteiger partial charge in [-0.05, 0) is 31.0 Å². The number of carbonyl (C=O) groups excluding carboxylic acids is 1. The van der Waals surface area contributed by atoms with Crippen LogP contribution in [-0.4, -0.2) is 39.2 Å². The lowest BCUT2D eigenvalue weighted by molar-refractivity contribution is -0.384. The largest absolute Gasteiger partial charge is 0.496 e. The number of hydrogen-bond acceptors (Lipinski definition) is 7. The second kappa shape index (κ2) is 10.3. The van der Waals surface area contributed by atoms with Crippen molar-refractivity contribution in [1.29, 1.82) is 0 Å². The minimum absolute atomic E-state index is 0.0392. The van der Waals surface area contributed by atoms with Gasteiger partial charge >= 0.3 is 0 Å². The zero-order valence-electron chi connectivity index (χ0n) is 16.4. The molecule has 0 amide bonds. The molecule has 9 nitrogen and oxygen atoms in total. The van der Waals surface area contributed by atoms with Crippen molar-refractivity contribution in [3.8, 4) is 11.5 Å². The molecule has 0 spiro atoms. The van der Waals surface area contributed by atoms with Crippen LogP contribution < -0.4 is 14.2 Å². The second-order valence-corrected chi connectivity index (χ2v) is 8.24. The number of Topliss-reactive ketones (excluding diaryl/α,β-unsaturated/α-hetero) is 1. The number of nitro groups is 1. The van der Waals surface area contributed by atoms with Gasteiger partial charge in [-0.15, -0.1) is 11.6 Å². The van der Waals surface area contributed by atoms with Gasteiger partial charge in [-0.3, -0.25) is 19.6 Å². The number of halogens is 1. The topological polar surface area (TPSA) is 125 Å². The fourth-order valence-electron chi connectivity index (χ4n) is 2.66. The highest BCUT2D eigenvalue weighted by Crippen LogP contribution is 2.35. The second-order valence-electron chi connectivity index (χ2n) is 6.18. The predicted octanol–water partition coefficient (Wildman–Crippen LogP) is 4.00. The van der Waals surface area contributed by atoms with E-state index in [1.807, 2.05) is 0 Å². The summed E-state index contributed by atoms with van der Waals surface area (Å²) >= 11 is 5.65. The van der Waals surface area contributed by atoms with Crippen molar-refractivity contribution in [2.45, 2.75) is 24.2 Å². The number of ketones is 1. The van der Waals surface area contributed by atoms with Crippen LogP contribution in [0.1, 0.15) is 29.6 Å². The number of anilines is 1. The molecule has 0 bridgehead atoms. The lowest BCUT2D eigenvalue weighted by atomic mass is 10.0. The number of nitrogens with one attached hydrogen (secondary N) is 1. The molecule has 0 aliphatic carbocycles. The molecule has 1 N–H and O–H groups in total. The summed E-state index contributed by atoms with van der Waals surface area (Å²) in [7, 11) is -1.35. The number of methoxy groups -OCH3 is 2. The van der Waals surface area contributed by atoms with Crippen LogP contribution in [0.5, 0.6) is 11.5 Å². The van der Waals surface area contributed by atoms with Crippen LogP contribution in [0.2, 0.25) is 0 Å². The summed E-state index contributed by atoms with van der Waals surface area (Å²) in [5.41, 5.74) is 0.00688. The maximum atomic E-state index is 12.7. The number of hydrogen-bond donors (Lipinski definition) is 1. The van der Waals surface area contributed by atoms with Crippen LogP contribution in [0.3, 0.4) is 0 Å². The molecule has 0 aliphatic rings. The minimum atomic E-state index is -4.09. The maximum Gasteiger partial charge on any atom is 0.269 e. The third kappa shape index (κ3) is 5.61. The first kappa shape index (κ1) is 23.4. The molecule has 11 heteroatoms. The fourth-order valence-corrected chi connectivity index (χ4v) is 3.91. The van der Waals surface area contributed by atoms with Crippen molar-refractivity contribution in [2.75, 3.05) is 24.8 Å². The maximum absolute atomic E-state index is 12.7. The molecule has 2 aromatic rings. The minimum Gasteiger partial charge on any atom is -0.496 e. The molecule has 0 saturated heterocycles. The van der Waals surface area contributed by atoms with Gasteiger partial charge in [0.25, 0.3) is 15.7 Å². The van der Waals surface area contributed by atoms with Crippen molar-refractivity contribution in [1.82, 2.24) is 0 Å². The number of non-ortho nitro benzene ring substituents is 1. The predicted molar refractivity (Wildman–Crippen MR) is 112 cm³/mol. The quantitative estimate of drug-likeness (QED) is 0.178. The van der Waals surface area contributed by atoms with E-state index in [9.17, 15) is 23.3 Å². The number of carbonyl (C=O) groups is 1. The highest BCUT2D eigenvalue weighted by Gasteiger charge is 2.22. The first-order chi connectivity index (χ1) is 14.2. The average molecular weight is 457 g/mol. The number of nitrogens with zero attached hydrogens (tertiary/aromatic N) is 1. The standard InChI is InChI=1S/C19H21ClN2O7S/c1-28-18-12-19(29-2)16(11-15(18)17(23)5-3-4-10-20)21-30(26,27)14-8-6-13(7-9-14)22(24)25/h6-9,11-12,21H,3-5,10H2,1-2H3. The normalized spacial score (nSPS) is 11.0. The van der Waals surface area contributed by atoms with E-state index in [0.29, 0.717) is 18.7 Å². The summed E-state index contributed by atoms with van der Waals surface area (Å²) in [6.07, 6.45) is 1.48. The Hall–Kier alpha value is -2.85. The Bertz CT molecular complexity index is 1020. The van der Waals surface area contributed by atoms with Crippen LogP contribution in [0.15, 0.2) is 41.3 Å². The third-order valence-corrected chi connectivity index (χ3v) is 5.86. The van der Waals surface area contributed by atoms with Gasteiger partial charge in [-0.1, -0.05) is 0 Å². The van der Waals surface area contributed by atoms with Crippen LogP contribution >= 0.6 is 11.6 Å². The Balaban J connectivity index is 2.40. The van der Waals surface area contributed by atoms with Crippen molar-refractivity contribution in [3.63, 3.8) is 0 Å². The van der Waals surface area contributed by atoms with Gasteiger partial charge in [-0.2, -0.15) is 0 Å². The molecule has 0 unspecified atom stereocenters. The molecule has 0 aliphatic heterocycles. The van der Waals surface area contributed by atoms with Gasteiger partial charge in [0, 0.05) is 30.5 Å². The Morgan fingerprint density at radius 1 is 1.10 bits per heavy atom. The molecule has 0 radical (unpaired) electrons. The zero-order chi connectivity index (χ0) is 22.3. The van der Waals surface area contributed by atoms with E-state index in [4.69, 9.17) is 21.1 Å². The molecule has 162 valence electrons. The van der Waals surface area contributed by atoms with E-state index in [0.717, 1.165) is 24.3 Å². The molecular weight excluding hydrogens is 436 g/mol. The number of rotatable bonds is 11. The summed E-state index contributed by atoms with van der Waals surface area (Å²) in [6.45, 7) is 0. The highest BCUT2D eigenvalue weighted by atomic mass is 35.5. The molecular formula is C19H21ClN2O7S. The fraction of sp³-hybridized carbons (Fsp3) is 0.316. The van der Waals surface area contributed by atoms with Gasteiger partial charge in [-0.25, -0.2) is 8.42 Å². The van der Waals surface area contributed by atoms with Crippen LogP contribution in [-0.2, 0) is 10.0 Å². The molecule has 0 fully saturated rings. The van der Waals surface area contributed by atoms with Crippen LogP contribution in [0, 0.1) is 10.1 Å². The van der Waals surface area contributed by atoms with E-state index in [1.54, 1.807) is 0 Å². The summed E-state index contributed by atoms with van der Waals surface area (Å²) < 4.78 is 38.3. The lowest BCUT2D eigenvalue weighted by Gasteiger charge is -2.16. The summed E-state index contributed by atoms with van der Waals surface area (Å²) in [5, 5.41) is 10.8. The van der Waals surface area contributed by atoms with Crippen molar-refractivity contribution >= 4 is 38.8 Å². The van der Waals surface area contributed by atoms with E-state index in [-0.39, 0.29) is 45.5 Å². The molecule has 0 saturated carbocycles.